The summed E-state index contributed by atoms with van der Waals surface area (Å²) in [6.45, 7) is 23.9. The molecule has 0 aromatic carbocycles. The van der Waals surface area contributed by atoms with Gasteiger partial charge in [-0.3, -0.25) is 9.05 Å². The van der Waals surface area contributed by atoms with E-state index in [0.29, 0.717) is 5.92 Å². The Hall–Kier alpha value is 0.0706. The van der Waals surface area contributed by atoms with E-state index in [2.05, 4.69) is 78.8 Å². The third-order valence-electron chi connectivity index (χ3n) is 2.27. The van der Waals surface area contributed by atoms with Gasteiger partial charge in [-0.1, -0.05) is 13.8 Å². The van der Waals surface area contributed by atoms with Crippen LogP contribution in [0.15, 0.2) is 12.3 Å². The van der Waals surface area contributed by atoms with Crippen molar-refractivity contribution in [3.05, 3.63) is 12.3 Å². The summed E-state index contributed by atoms with van der Waals surface area (Å²) in [4.78, 5) is 0. The molecule has 0 bridgehead atoms. The summed E-state index contributed by atoms with van der Waals surface area (Å²) in [7, 11) is -5.04. The molecule has 0 fully saturated rings. The first-order chi connectivity index (χ1) is 9.59. The van der Waals surface area contributed by atoms with E-state index in [-0.39, 0.29) is 6.10 Å². The smallest absolute Gasteiger partial charge is 0.223 e. The van der Waals surface area contributed by atoms with Crippen LogP contribution in [0.2, 0.25) is 58.9 Å². The lowest BCUT2D eigenvalue weighted by atomic mass is 10.1. The zero-order valence-corrected chi connectivity index (χ0v) is 19.5. The zero-order chi connectivity index (χ0) is 17.8. The summed E-state index contributed by atoms with van der Waals surface area (Å²) in [6, 6.07) is 0. The molecule has 0 amide bonds. The lowest BCUT2D eigenvalue weighted by Gasteiger charge is -2.33. The molecule has 0 aromatic heterocycles. The highest BCUT2D eigenvalue weighted by Gasteiger charge is 2.26. The van der Waals surface area contributed by atoms with Gasteiger partial charge in [0.05, 0.1) is 12.3 Å². The summed E-state index contributed by atoms with van der Waals surface area (Å²) in [5.41, 5.74) is 0. The number of hydrogen-bond acceptors (Lipinski definition) is 4. The van der Waals surface area contributed by atoms with E-state index < -0.39 is 25.0 Å². The topological polar surface area (TPSA) is 30.9 Å². The van der Waals surface area contributed by atoms with Crippen LogP contribution in [0.4, 0.5) is 0 Å². The zero-order valence-electron chi connectivity index (χ0n) is 16.5. The number of hydroxylamine groups is 2. The second-order valence-electron chi connectivity index (χ2n) is 8.97. The van der Waals surface area contributed by atoms with E-state index in [4.69, 9.17) is 13.5 Å². The maximum atomic E-state index is 6.25. The van der Waals surface area contributed by atoms with Crippen LogP contribution in [0.25, 0.3) is 0 Å². The van der Waals surface area contributed by atoms with Gasteiger partial charge in [-0.15, -0.1) is 0 Å². The second kappa shape index (κ2) is 8.25. The molecule has 1 atom stereocenters. The van der Waals surface area contributed by atoms with Crippen LogP contribution < -0.4 is 0 Å². The maximum absolute atomic E-state index is 6.25. The van der Waals surface area contributed by atoms with E-state index in [0.717, 1.165) is 0 Å². The largest absolute Gasteiger partial charge is 0.411 e. The van der Waals surface area contributed by atoms with Gasteiger partial charge in [0.2, 0.25) is 16.6 Å². The molecule has 0 radical (unpaired) electrons. The number of hydrogen-bond donors (Lipinski definition) is 0. The summed E-state index contributed by atoms with van der Waals surface area (Å²) < 4.78 is 18.3. The Morgan fingerprint density at radius 1 is 0.727 bits per heavy atom. The molecular weight excluding hydrogens is 326 g/mol. The molecule has 0 spiro atoms. The third kappa shape index (κ3) is 12.6. The molecule has 0 N–H and O–H groups in total. The molecule has 22 heavy (non-hydrogen) atoms. The molecule has 0 aliphatic rings. The third-order valence-corrected chi connectivity index (χ3v) is 4.71. The van der Waals surface area contributed by atoms with Crippen molar-refractivity contribution in [3.63, 3.8) is 0 Å². The van der Waals surface area contributed by atoms with Crippen molar-refractivity contribution in [2.24, 2.45) is 5.92 Å². The van der Waals surface area contributed by atoms with Crippen molar-refractivity contribution in [1.29, 1.82) is 0 Å². The highest BCUT2D eigenvalue weighted by atomic mass is 28.4. The first kappa shape index (κ1) is 22.1. The molecule has 4 nitrogen and oxygen atoms in total. The van der Waals surface area contributed by atoms with Gasteiger partial charge >= 0.3 is 0 Å². The molecular formula is C15H37NO3Si3. The van der Waals surface area contributed by atoms with Crippen LogP contribution in [0, 0.1) is 5.92 Å². The maximum Gasteiger partial charge on any atom is 0.223 e. The molecule has 0 rings (SSSR count). The van der Waals surface area contributed by atoms with Gasteiger partial charge < -0.3 is 4.43 Å². The van der Waals surface area contributed by atoms with Gasteiger partial charge in [-0.2, -0.15) is 5.23 Å². The van der Waals surface area contributed by atoms with Crippen LogP contribution in [-0.2, 0) is 13.5 Å². The minimum absolute atomic E-state index is 0.0876. The molecule has 0 heterocycles. The Kier molecular flexibility index (Phi) is 8.28. The van der Waals surface area contributed by atoms with E-state index in [1.807, 2.05) is 6.20 Å². The van der Waals surface area contributed by atoms with E-state index >= 15 is 0 Å². The lowest BCUT2D eigenvalue weighted by molar-refractivity contribution is -0.231. The molecule has 0 aliphatic heterocycles. The number of rotatable bonds is 9. The Labute approximate surface area is 141 Å². The predicted octanol–water partition coefficient (Wildman–Crippen LogP) is 5.21. The summed E-state index contributed by atoms with van der Waals surface area (Å²) in [5, 5.41) is 1.58. The second-order valence-corrected chi connectivity index (χ2v) is 22.2. The molecule has 1 unspecified atom stereocenters. The van der Waals surface area contributed by atoms with Crippen LogP contribution in [0.1, 0.15) is 13.8 Å². The average Bonchev–Trinajstić information content (AvgIpc) is 2.17. The fraction of sp³-hybridized carbons (Fsp3) is 0.867. The Bertz CT molecular complexity index is 339. The van der Waals surface area contributed by atoms with Crippen LogP contribution in [0.3, 0.4) is 0 Å². The van der Waals surface area contributed by atoms with E-state index in [1.165, 1.54) is 0 Å². The van der Waals surface area contributed by atoms with Gasteiger partial charge in [0.1, 0.15) is 0 Å². The minimum Gasteiger partial charge on any atom is -0.411 e. The number of nitrogens with zero attached hydrogens (tertiary/aromatic N) is 1. The normalized spacial score (nSPS) is 15.6. The van der Waals surface area contributed by atoms with Gasteiger partial charge in [-0.25, -0.2) is 0 Å². The molecule has 0 aromatic rings. The molecule has 0 saturated heterocycles. The van der Waals surface area contributed by atoms with Crippen molar-refractivity contribution in [3.8, 4) is 0 Å². The van der Waals surface area contributed by atoms with Crippen molar-refractivity contribution in [1.82, 2.24) is 5.23 Å². The first-order valence-electron chi connectivity index (χ1n) is 8.13. The van der Waals surface area contributed by atoms with Gasteiger partial charge in [0, 0.05) is 0 Å². The van der Waals surface area contributed by atoms with Crippen molar-refractivity contribution in [2.75, 3.05) is 0 Å². The Morgan fingerprint density at radius 2 is 1.14 bits per heavy atom. The fourth-order valence-corrected chi connectivity index (χ4v) is 4.10. The quantitative estimate of drug-likeness (QED) is 0.415. The Balaban J connectivity index is 5.06. The molecule has 0 aliphatic carbocycles. The highest BCUT2D eigenvalue weighted by molar-refractivity contribution is 6.70. The SMILES string of the molecule is CC(C)C(/C=C/N(O[Si](C)(C)C)O[Si](C)(C)C)O[Si](C)(C)C. The van der Waals surface area contributed by atoms with E-state index in [9.17, 15) is 0 Å². The van der Waals surface area contributed by atoms with Gasteiger partial charge in [0.25, 0.3) is 0 Å². The Morgan fingerprint density at radius 3 is 1.41 bits per heavy atom. The highest BCUT2D eigenvalue weighted by Crippen LogP contribution is 2.18. The monoisotopic (exact) mass is 363 g/mol. The first-order valence-corrected chi connectivity index (χ1v) is 18.4. The van der Waals surface area contributed by atoms with Crippen molar-refractivity contribution in [2.45, 2.75) is 78.9 Å². The minimum atomic E-state index is -1.73. The molecule has 132 valence electrons. The van der Waals surface area contributed by atoms with Crippen molar-refractivity contribution >= 4 is 25.0 Å². The lowest BCUT2D eigenvalue weighted by Crippen LogP contribution is -2.41. The van der Waals surface area contributed by atoms with Crippen LogP contribution in [-0.4, -0.2) is 36.3 Å². The fourth-order valence-electron chi connectivity index (χ4n) is 1.58. The van der Waals surface area contributed by atoms with Gasteiger partial charge in [-0.05, 0) is 70.9 Å². The summed E-state index contributed by atoms with van der Waals surface area (Å²) >= 11 is 0. The van der Waals surface area contributed by atoms with E-state index in [1.54, 1.807) is 5.23 Å². The summed E-state index contributed by atoms with van der Waals surface area (Å²) in [5.74, 6) is 0.420. The predicted molar refractivity (Wildman–Crippen MR) is 103 cm³/mol. The molecule has 0 saturated carbocycles. The average molecular weight is 364 g/mol. The standard InChI is InChI=1S/C15H37NO3Si3/c1-14(2)15(17-20(3,4)5)12-13-16(18-21(6,7)8)19-22(9,10)11/h12-15H,1-11H3/b13-12+. The summed E-state index contributed by atoms with van der Waals surface area (Å²) in [6.07, 6.45) is 4.06. The van der Waals surface area contributed by atoms with Gasteiger partial charge in [0.15, 0.2) is 8.32 Å². The molecule has 7 heteroatoms. The van der Waals surface area contributed by atoms with Crippen molar-refractivity contribution < 1.29 is 13.5 Å². The van der Waals surface area contributed by atoms with Crippen LogP contribution >= 0.6 is 0 Å². The van der Waals surface area contributed by atoms with Crippen LogP contribution in [0.5, 0.6) is 0 Å².